The van der Waals surface area contributed by atoms with E-state index in [1.807, 2.05) is 0 Å². The second kappa shape index (κ2) is 6.49. The van der Waals surface area contributed by atoms with Crippen LogP contribution in [0, 0.1) is 0 Å². The molecule has 1 aromatic heterocycles. The topological polar surface area (TPSA) is 37.3 Å². The molecule has 0 bridgehead atoms. The van der Waals surface area contributed by atoms with Crippen molar-refractivity contribution in [3.05, 3.63) is 83.9 Å². The number of hydrogen-bond donors (Lipinski definition) is 1. The third-order valence-corrected chi connectivity index (χ3v) is 7.59. The number of benzene rings is 3. The summed E-state index contributed by atoms with van der Waals surface area (Å²) in [4.78, 5) is 15.0. The minimum absolute atomic E-state index is 0.107. The van der Waals surface area contributed by atoms with Crippen molar-refractivity contribution >= 4 is 39.5 Å². The van der Waals surface area contributed by atoms with Crippen molar-refractivity contribution in [2.45, 2.75) is 31.3 Å². The van der Waals surface area contributed by atoms with Crippen molar-refractivity contribution in [2.75, 3.05) is 11.4 Å². The van der Waals surface area contributed by atoms with Gasteiger partial charge in [0.15, 0.2) is 0 Å². The molecule has 4 aromatic rings. The van der Waals surface area contributed by atoms with Gasteiger partial charge in [-0.05, 0) is 35.4 Å². The van der Waals surface area contributed by atoms with Gasteiger partial charge in [0.2, 0.25) is 5.91 Å². The van der Waals surface area contributed by atoms with Gasteiger partial charge in [0, 0.05) is 52.9 Å². The monoisotopic (exact) mass is 421 g/mol. The number of aromatic nitrogens is 1. The molecule has 2 aliphatic heterocycles. The van der Waals surface area contributed by atoms with Gasteiger partial charge in [-0.15, -0.1) is 0 Å². The lowest BCUT2D eigenvalue weighted by Crippen LogP contribution is -2.68. The number of anilines is 1. The van der Waals surface area contributed by atoms with E-state index in [0.717, 1.165) is 12.1 Å². The van der Waals surface area contributed by atoms with Crippen molar-refractivity contribution in [1.29, 1.82) is 0 Å². The number of aryl methyl sites for hydroxylation is 1. The summed E-state index contributed by atoms with van der Waals surface area (Å²) in [6.07, 6.45) is 4.89. The normalized spacial score (nSPS) is 21.8. The number of nitrogens with one attached hydrogen (secondary N) is 1. The van der Waals surface area contributed by atoms with E-state index in [2.05, 4.69) is 115 Å². The fourth-order valence-corrected chi connectivity index (χ4v) is 5.82. The van der Waals surface area contributed by atoms with Crippen molar-refractivity contribution in [3.63, 3.8) is 0 Å². The van der Waals surface area contributed by atoms with E-state index in [-0.39, 0.29) is 11.3 Å². The van der Waals surface area contributed by atoms with E-state index in [4.69, 9.17) is 0 Å². The predicted molar refractivity (Wildman–Crippen MR) is 132 cm³/mol. The molecular weight excluding hydrogens is 394 g/mol. The summed E-state index contributed by atoms with van der Waals surface area (Å²) >= 11 is 0. The highest BCUT2D eigenvalue weighted by molar-refractivity contribution is 6.08. The van der Waals surface area contributed by atoms with Crippen LogP contribution in [0.25, 0.3) is 27.9 Å². The number of rotatable bonds is 2. The first-order valence-corrected chi connectivity index (χ1v) is 11.3. The molecule has 1 amide bonds. The summed E-state index contributed by atoms with van der Waals surface area (Å²) in [7, 11) is 2.12. The van der Waals surface area contributed by atoms with Gasteiger partial charge in [-0.2, -0.15) is 0 Å². The largest absolute Gasteiger partial charge is 0.344 e. The minimum Gasteiger partial charge on any atom is -0.344 e. The first-order chi connectivity index (χ1) is 15.4. The van der Waals surface area contributed by atoms with Crippen LogP contribution in [0.3, 0.4) is 0 Å². The molecule has 0 unspecified atom stereocenters. The first kappa shape index (κ1) is 19.2. The molecule has 160 valence electrons. The maximum atomic E-state index is 12.6. The first-order valence-electron chi connectivity index (χ1n) is 11.3. The van der Waals surface area contributed by atoms with Crippen LogP contribution in [0.2, 0.25) is 0 Å². The lowest BCUT2D eigenvalue weighted by Gasteiger charge is -2.49. The van der Waals surface area contributed by atoms with Gasteiger partial charge in [-0.25, -0.2) is 0 Å². The van der Waals surface area contributed by atoms with E-state index in [1.165, 1.54) is 33.1 Å². The smallest absolute Gasteiger partial charge is 0.223 e. The number of nitrogens with zero attached hydrogens (tertiary/aromatic N) is 2. The van der Waals surface area contributed by atoms with Gasteiger partial charge in [0.05, 0.1) is 0 Å². The van der Waals surface area contributed by atoms with Crippen LogP contribution in [0.5, 0.6) is 0 Å². The molecule has 0 saturated carbocycles. The number of hydrogen-bond acceptors (Lipinski definition) is 2. The Labute approximate surface area is 188 Å². The number of carbonyl (C=O) groups is 1. The summed E-state index contributed by atoms with van der Waals surface area (Å²) in [5.41, 5.74) is 5.22. The molecule has 1 saturated heterocycles. The second-order valence-corrected chi connectivity index (χ2v) is 9.54. The van der Waals surface area contributed by atoms with Gasteiger partial charge in [-0.3, -0.25) is 4.79 Å². The molecule has 3 heterocycles. The molecule has 1 atom stereocenters. The molecule has 0 aliphatic carbocycles. The van der Waals surface area contributed by atoms with E-state index < -0.39 is 5.66 Å². The number of amides is 1. The summed E-state index contributed by atoms with van der Waals surface area (Å²) in [6, 6.07) is 23.7. The molecule has 3 aromatic carbocycles. The fraction of sp³-hybridized carbons (Fsp3) is 0.250. The van der Waals surface area contributed by atoms with Crippen molar-refractivity contribution in [3.8, 4) is 0 Å². The highest BCUT2D eigenvalue weighted by Crippen LogP contribution is 2.52. The molecule has 0 radical (unpaired) electrons. The van der Waals surface area contributed by atoms with E-state index in [1.54, 1.807) is 0 Å². The van der Waals surface area contributed by atoms with Crippen LogP contribution >= 0.6 is 0 Å². The van der Waals surface area contributed by atoms with Gasteiger partial charge in [0.25, 0.3) is 0 Å². The maximum Gasteiger partial charge on any atom is 0.223 e. The second-order valence-electron chi connectivity index (χ2n) is 9.54. The van der Waals surface area contributed by atoms with Crippen molar-refractivity contribution in [1.82, 2.24) is 9.88 Å². The van der Waals surface area contributed by atoms with Crippen LogP contribution < -0.4 is 10.2 Å². The third kappa shape index (κ3) is 2.41. The molecular formula is C28H27N3O. The van der Waals surface area contributed by atoms with Gasteiger partial charge < -0.3 is 14.8 Å². The van der Waals surface area contributed by atoms with E-state index in [0.29, 0.717) is 6.42 Å². The van der Waals surface area contributed by atoms with E-state index >= 15 is 0 Å². The van der Waals surface area contributed by atoms with Crippen LogP contribution in [-0.4, -0.2) is 22.7 Å². The SMILES string of the molecule is Cn1c2ccccc2c2ccc(/C=C/[C@@]34NC(=O)CCN3c3ccccc3C4(C)C)cc21. The standard InChI is InChI=1S/C28H27N3O/c1-27(2)22-9-5-7-11-24(22)31-17-15-26(32)29-28(27,31)16-14-19-12-13-21-20-8-4-6-10-23(20)30(3)25(21)18-19/h4-14,16,18H,15,17H2,1-3H3,(H,29,32)/b16-14+/t28-/m1/s1. The molecule has 1 N–H and O–H groups in total. The third-order valence-electron chi connectivity index (χ3n) is 7.59. The van der Waals surface area contributed by atoms with Gasteiger partial charge >= 0.3 is 0 Å². The molecule has 1 fully saturated rings. The zero-order valence-corrected chi connectivity index (χ0v) is 18.7. The van der Waals surface area contributed by atoms with Crippen LogP contribution in [-0.2, 0) is 17.3 Å². The van der Waals surface area contributed by atoms with Crippen molar-refractivity contribution in [2.24, 2.45) is 7.05 Å². The lowest BCUT2D eigenvalue weighted by molar-refractivity contribution is -0.124. The summed E-state index contributed by atoms with van der Waals surface area (Å²) in [6.45, 7) is 5.18. The average Bonchev–Trinajstić information content (AvgIpc) is 3.19. The van der Waals surface area contributed by atoms with Crippen LogP contribution in [0.15, 0.2) is 72.8 Å². The maximum absolute atomic E-state index is 12.6. The zero-order valence-electron chi connectivity index (χ0n) is 18.7. The zero-order chi connectivity index (χ0) is 22.1. The Morgan fingerprint density at radius 3 is 2.56 bits per heavy atom. The Morgan fingerprint density at radius 1 is 0.938 bits per heavy atom. The Kier molecular flexibility index (Phi) is 3.89. The minimum atomic E-state index is -0.583. The van der Waals surface area contributed by atoms with Crippen LogP contribution in [0.4, 0.5) is 5.69 Å². The Balaban J connectivity index is 1.48. The molecule has 32 heavy (non-hydrogen) atoms. The predicted octanol–water partition coefficient (Wildman–Crippen LogP) is 5.36. The number of fused-ring (bicyclic) bond motifs is 6. The van der Waals surface area contributed by atoms with Crippen molar-refractivity contribution < 1.29 is 4.79 Å². The van der Waals surface area contributed by atoms with Crippen LogP contribution in [0.1, 0.15) is 31.4 Å². The quantitative estimate of drug-likeness (QED) is 0.473. The molecule has 4 nitrogen and oxygen atoms in total. The lowest BCUT2D eigenvalue weighted by atomic mass is 9.74. The van der Waals surface area contributed by atoms with E-state index in [9.17, 15) is 4.79 Å². The summed E-state index contributed by atoms with van der Waals surface area (Å²) in [5.74, 6) is 0.107. The fourth-order valence-electron chi connectivity index (χ4n) is 5.82. The molecule has 6 rings (SSSR count). The molecule has 4 heteroatoms. The summed E-state index contributed by atoms with van der Waals surface area (Å²) < 4.78 is 2.25. The number of carbonyl (C=O) groups excluding carboxylic acids is 1. The molecule has 0 spiro atoms. The van der Waals surface area contributed by atoms with Gasteiger partial charge in [0.1, 0.15) is 5.66 Å². The highest BCUT2D eigenvalue weighted by atomic mass is 16.2. The Bertz CT molecular complexity index is 1430. The van der Waals surface area contributed by atoms with Gasteiger partial charge in [-0.1, -0.05) is 68.5 Å². The highest BCUT2D eigenvalue weighted by Gasteiger charge is 2.57. The average molecular weight is 422 g/mol. The Hall–Kier alpha value is -3.53. The Morgan fingerprint density at radius 2 is 1.69 bits per heavy atom. The molecule has 2 aliphatic rings. The number of para-hydroxylation sites is 2. The summed E-state index contributed by atoms with van der Waals surface area (Å²) in [5, 5.41) is 5.90.